The SMILES string of the molecule is Cc1ccc(CNCC(C)NC(=O)OC(C)(C)C)o1. The molecule has 1 amide bonds. The Labute approximate surface area is 114 Å². The first kappa shape index (κ1) is 15.6. The third-order valence-electron chi connectivity index (χ3n) is 2.31. The topological polar surface area (TPSA) is 63.5 Å². The van der Waals surface area contributed by atoms with Gasteiger partial charge in [-0.2, -0.15) is 0 Å². The van der Waals surface area contributed by atoms with E-state index in [0.29, 0.717) is 13.1 Å². The molecular weight excluding hydrogens is 244 g/mol. The van der Waals surface area contributed by atoms with Crippen LogP contribution >= 0.6 is 0 Å². The van der Waals surface area contributed by atoms with Crippen LogP contribution in [0.1, 0.15) is 39.2 Å². The molecule has 0 aliphatic heterocycles. The largest absolute Gasteiger partial charge is 0.465 e. The zero-order chi connectivity index (χ0) is 14.5. The van der Waals surface area contributed by atoms with E-state index in [4.69, 9.17) is 9.15 Å². The molecule has 1 atom stereocenters. The van der Waals surface area contributed by atoms with Gasteiger partial charge < -0.3 is 19.8 Å². The molecule has 0 radical (unpaired) electrons. The number of carbonyl (C=O) groups excluding carboxylic acids is 1. The minimum absolute atomic E-state index is 0.00842. The number of ether oxygens (including phenoxy) is 1. The number of alkyl carbamates (subject to hydrolysis) is 1. The second-order valence-electron chi connectivity index (χ2n) is 5.69. The van der Waals surface area contributed by atoms with Gasteiger partial charge >= 0.3 is 6.09 Å². The molecule has 19 heavy (non-hydrogen) atoms. The number of amides is 1. The van der Waals surface area contributed by atoms with Gasteiger partial charge in [-0.15, -0.1) is 0 Å². The summed E-state index contributed by atoms with van der Waals surface area (Å²) in [6, 6.07) is 3.86. The Hall–Kier alpha value is -1.49. The van der Waals surface area contributed by atoms with Gasteiger partial charge in [-0.25, -0.2) is 4.79 Å². The van der Waals surface area contributed by atoms with Crippen molar-refractivity contribution in [3.63, 3.8) is 0 Å². The maximum absolute atomic E-state index is 11.5. The first-order chi connectivity index (χ1) is 8.76. The molecule has 0 fully saturated rings. The van der Waals surface area contributed by atoms with Crippen LogP contribution in [0.15, 0.2) is 16.5 Å². The molecule has 108 valence electrons. The van der Waals surface area contributed by atoms with Crippen molar-refractivity contribution in [3.8, 4) is 0 Å². The van der Waals surface area contributed by atoms with Crippen LogP contribution < -0.4 is 10.6 Å². The Bertz CT molecular complexity index is 407. The fraction of sp³-hybridized carbons (Fsp3) is 0.643. The van der Waals surface area contributed by atoms with Crippen molar-refractivity contribution in [2.45, 2.75) is 52.8 Å². The van der Waals surface area contributed by atoms with Gasteiger partial charge in [0.2, 0.25) is 0 Å². The Morgan fingerprint density at radius 1 is 1.42 bits per heavy atom. The third-order valence-corrected chi connectivity index (χ3v) is 2.31. The van der Waals surface area contributed by atoms with Gasteiger partial charge in [0.15, 0.2) is 0 Å². The Balaban J connectivity index is 2.21. The minimum Gasteiger partial charge on any atom is -0.465 e. The number of furan rings is 1. The lowest BCUT2D eigenvalue weighted by molar-refractivity contribution is 0.0508. The highest BCUT2D eigenvalue weighted by Gasteiger charge is 2.17. The lowest BCUT2D eigenvalue weighted by Gasteiger charge is -2.22. The molecule has 0 bridgehead atoms. The highest BCUT2D eigenvalue weighted by molar-refractivity contribution is 5.68. The number of aryl methyl sites for hydroxylation is 1. The maximum Gasteiger partial charge on any atom is 0.407 e. The van der Waals surface area contributed by atoms with Gasteiger partial charge in [-0.1, -0.05) is 0 Å². The normalized spacial score (nSPS) is 13.1. The summed E-state index contributed by atoms with van der Waals surface area (Å²) in [5.74, 6) is 1.79. The number of hydrogen-bond acceptors (Lipinski definition) is 4. The van der Waals surface area contributed by atoms with E-state index in [2.05, 4.69) is 10.6 Å². The van der Waals surface area contributed by atoms with Crippen molar-refractivity contribution in [3.05, 3.63) is 23.7 Å². The van der Waals surface area contributed by atoms with E-state index in [9.17, 15) is 4.79 Å². The molecule has 1 aromatic heterocycles. The van der Waals surface area contributed by atoms with Crippen molar-refractivity contribution in [1.82, 2.24) is 10.6 Å². The third kappa shape index (κ3) is 6.86. The molecule has 1 aromatic rings. The van der Waals surface area contributed by atoms with Crippen molar-refractivity contribution in [2.75, 3.05) is 6.54 Å². The van der Waals surface area contributed by atoms with E-state index in [0.717, 1.165) is 11.5 Å². The average Bonchev–Trinajstić information content (AvgIpc) is 2.60. The Morgan fingerprint density at radius 3 is 2.63 bits per heavy atom. The molecule has 1 rings (SSSR count). The van der Waals surface area contributed by atoms with E-state index in [1.807, 2.05) is 46.8 Å². The molecule has 0 aromatic carbocycles. The predicted octanol–water partition coefficient (Wildman–Crippen LogP) is 2.59. The van der Waals surface area contributed by atoms with Crippen molar-refractivity contribution in [2.24, 2.45) is 0 Å². The van der Waals surface area contributed by atoms with Crippen LogP contribution in [-0.2, 0) is 11.3 Å². The van der Waals surface area contributed by atoms with E-state index in [-0.39, 0.29) is 6.04 Å². The Kier molecular flexibility index (Phi) is 5.42. The van der Waals surface area contributed by atoms with Gasteiger partial charge in [0.05, 0.1) is 6.54 Å². The number of hydrogen-bond donors (Lipinski definition) is 2. The molecule has 0 saturated heterocycles. The number of nitrogens with one attached hydrogen (secondary N) is 2. The summed E-state index contributed by atoms with van der Waals surface area (Å²) < 4.78 is 10.6. The summed E-state index contributed by atoms with van der Waals surface area (Å²) in [4.78, 5) is 11.5. The summed E-state index contributed by atoms with van der Waals surface area (Å²) in [6.07, 6.45) is -0.393. The van der Waals surface area contributed by atoms with E-state index >= 15 is 0 Å². The molecule has 1 heterocycles. The molecule has 0 aliphatic carbocycles. The molecule has 2 N–H and O–H groups in total. The molecule has 1 unspecified atom stereocenters. The standard InChI is InChI=1S/C14H24N2O3/c1-10(16-13(17)19-14(3,4)5)8-15-9-12-7-6-11(2)18-12/h6-7,10,15H,8-9H2,1-5H3,(H,16,17). The van der Waals surface area contributed by atoms with Crippen LogP contribution in [0, 0.1) is 6.92 Å². The van der Waals surface area contributed by atoms with E-state index < -0.39 is 11.7 Å². The monoisotopic (exact) mass is 268 g/mol. The molecule has 0 spiro atoms. The number of rotatable bonds is 5. The Morgan fingerprint density at radius 2 is 2.11 bits per heavy atom. The first-order valence-corrected chi connectivity index (χ1v) is 6.52. The fourth-order valence-corrected chi connectivity index (χ4v) is 1.55. The van der Waals surface area contributed by atoms with Crippen molar-refractivity contribution in [1.29, 1.82) is 0 Å². The lowest BCUT2D eigenvalue weighted by Crippen LogP contribution is -2.42. The second-order valence-corrected chi connectivity index (χ2v) is 5.69. The van der Waals surface area contributed by atoms with Gasteiger partial charge in [0.25, 0.3) is 0 Å². The van der Waals surface area contributed by atoms with Gasteiger partial charge in [0.1, 0.15) is 17.1 Å². The van der Waals surface area contributed by atoms with Crippen LogP contribution in [0.3, 0.4) is 0 Å². The summed E-state index contributed by atoms with van der Waals surface area (Å²) in [5, 5.41) is 5.99. The van der Waals surface area contributed by atoms with Crippen LogP contribution in [0.4, 0.5) is 4.79 Å². The van der Waals surface area contributed by atoms with Gasteiger partial charge in [-0.05, 0) is 46.8 Å². The van der Waals surface area contributed by atoms with Crippen LogP contribution in [0.5, 0.6) is 0 Å². The fourth-order valence-electron chi connectivity index (χ4n) is 1.55. The zero-order valence-electron chi connectivity index (χ0n) is 12.4. The average molecular weight is 268 g/mol. The molecule has 5 heteroatoms. The van der Waals surface area contributed by atoms with Crippen molar-refractivity contribution >= 4 is 6.09 Å². The maximum atomic E-state index is 11.5. The minimum atomic E-state index is -0.469. The van der Waals surface area contributed by atoms with Crippen LogP contribution in [0.2, 0.25) is 0 Å². The highest BCUT2D eigenvalue weighted by Crippen LogP contribution is 2.07. The quantitative estimate of drug-likeness (QED) is 0.861. The smallest absolute Gasteiger partial charge is 0.407 e. The van der Waals surface area contributed by atoms with E-state index in [1.54, 1.807) is 0 Å². The lowest BCUT2D eigenvalue weighted by atomic mass is 10.2. The van der Waals surface area contributed by atoms with Crippen molar-refractivity contribution < 1.29 is 13.9 Å². The second kappa shape index (κ2) is 6.61. The summed E-state index contributed by atoms with van der Waals surface area (Å²) in [6.45, 7) is 10.7. The van der Waals surface area contributed by atoms with Gasteiger partial charge in [-0.3, -0.25) is 0 Å². The summed E-state index contributed by atoms with van der Waals surface area (Å²) >= 11 is 0. The summed E-state index contributed by atoms with van der Waals surface area (Å²) in [7, 11) is 0. The predicted molar refractivity (Wildman–Crippen MR) is 74.0 cm³/mol. The molecule has 0 aliphatic rings. The van der Waals surface area contributed by atoms with E-state index in [1.165, 1.54) is 0 Å². The number of carbonyl (C=O) groups is 1. The molecule has 5 nitrogen and oxygen atoms in total. The van der Waals surface area contributed by atoms with Gasteiger partial charge in [0, 0.05) is 12.6 Å². The summed E-state index contributed by atoms with van der Waals surface area (Å²) in [5.41, 5.74) is -0.469. The molecular formula is C14H24N2O3. The van der Waals surface area contributed by atoms with Crippen LogP contribution in [0.25, 0.3) is 0 Å². The molecule has 0 saturated carbocycles. The first-order valence-electron chi connectivity index (χ1n) is 6.52. The zero-order valence-corrected chi connectivity index (χ0v) is 12.4. The van der Waals surface area contributed by atoms with Crippen LogP contribution in [-0.4, -0.2) is 24.3 Å². The highest BCUT2D eigenvalue weighted by atomic mass is 16.6.